The first kappa shape index (κ1) is 23.8. The summed E-state index contributed by atoms with van der Waals surface area (Å²) in [4.78, 5) is 52.9. The van der Waals surface area contributed by atoms with Gasteiger partial charge in [-0.1, -0.05) is 0 Å². The number of nitrogens with one attached hydrogen (secondary N) is 2. The van der Waals surface area contributed by atoms with Crippen LogP contribution >= 0.6 is 0 Å². The van der Waals surface area contributed by atoms with Crippen molar-refractivity contribution in [3.8, 4) is 5.75 Å². The monoisotopic (exact) mass is 473 g/mol. The van der Waals surface area contributed by atoms with Crippen LogP contribution in [0.5, 0.6) is 5.75 Å². The number of carbonyl (C=O) groups excluding carboxylic acids is 3. The standard InChI is InChI=1S/C23H31N5O6/c1-34-18-3-2-16(14-17(18)28-9-4-19(29)25-21(28)31)20(30)24-8-13-26-10-5-23(6-11-26)7-12-27(15-23)22(32)33/h2-3,14H,4-13,15H2,1H3,(H,24,30)(H,32,33)(H,25,29,31). The van der Waals surface area contributed by atoms with E-state index in [1.807, 2.05) is 0 Å². The number of piperidine rings is 1. The zero-order chi connectivity index (χ0) is 24.3. The molecule has 34 heavy (non-hydrogen) atoms. The number of likely N-dealkylation sites (tertiary alicyclic amines) is 2. The second-order valence-corrected chi connectivity index (χ2v) is 9.19. The maximum absolute atomic E-state index is 12.8. The Morgan fingerprint density at radius 2 is 1.88 bits per heavy atom. The molecule has 3 aliphatic heterocycles. The van der Waals surface area contributed by atoms with Crippen LogP contribution in [0, 0.1) is 5.41 Å². The van der Waals surface area contributed by atoms with Gasteiger partial charge >= 0.3 is 12.1 Å². The lowest BCUT2D eigenvalue weighted by Crippen LogP contribution is -2.49. The highest BCUT2D eigenvalue weighted by atomic mass is 16.5. The van der Waals surface area contributed by atoms with E-state index in [1.165, 1.54) is 16.9 Å². The maximum Gasteiger partial charge on any atom is 0.407 e. The quantitative estimate of drug-likeness (QED) is 0.568. The van der Waals surface area contributed by atoms with Crippen molar-refractivity contribution in [2.45, 2.75) is 25.7 Å². The van der Waals surface area contributed by atoms with Gasteiger partial charge in [-0.15, -0.1) is 0 Å². The largest absolute Gasteiger partial charge is 0.495 e. The van der Waals surface area contributed by atoms with E-state index in [0.717, 1.165) is 32.4 Å². The normalized spacial score (nSPS) is 20.4. The fourth-order valence-electron chi connectivity index (χ4n) is 5.02. The van der Waals surface area contributed by atoms with Gasteiger partial charge in [-0.3, -0.25) is 19.8 Å². The van der Waals surface area contributed by atoms with Crippen molar-refractivity contribution in [1.82, 2.24) is 20.4 Å². The summed E-state index contributed by atoms with van der Waals surface area (Å²) in [5, 5.41) is 14.4. The lowest BCUT2D eigenvalue weighted by molar-refractivity contribution is -0.120. The number of anilines is 1. The second-order valence-electron chi connectivity index (χ2n) is 9.19. The van der Waals surface area contributed by atoms with Gasteiger partial charge in [0.05, 0.1) is 12.8 Å². The van der Waals surface area contributed by atoms with Crippen molar-refractivity contribution < 1.29 is 29.0 Å². The minimum absolute atomic E-state index is 0.100. The van der Waals surface area contributed by atoms with Crippen LogP contribution in [0.25, 0.3) is 0 Å². The van der Waals surface area contributed by atoms with E-state index in [9.17, 15) is 24.3 Å². The Kier molecular flexibility index (Phi) is 6.92. The summed E-state index contributed by atoms with van der Waals surface area (Å²) in [7, 11) is 1.49. The van der Waals surface area contributed by atoms with Gasteiger partial charge in [0.25, 0.3) is 5.91 Å². The van der Waals surface area contributed by atoms with Gasteiger partial charge in [-0.05, 0) is 56.0 Å². The predicted molar refractivity (Wildman–Crippen MR) is 123 cm³/mol. The van der Waals surface area contributed by atoms with Crippen molar-refractivity contribution in [2.24, 2.45) is 5.41 Å². The second kappa shape index (κ2) is 9.88. The van der Waals surface area contributed by atoms with Crippen molar-refractivity contribution in [3.05, 3.63) is 23.8 Å². The van der Waals surface area contributed by atoms with Crippen molar-refractivity contribution >= 4 is 29.6 Å². The van der Waals surface area contributed by atoms with Crippen molar-refractivity contribution in [1.29, 1.82) is 0 Å². The third kappa shape index (κ3) is 5.09. The molecule has 3 N–H and O–H groups in total. The predicted octanol–water partition coefficient (Wildman–Crippen LogP) is 1.34. The van der Waals surface area contributed by atoms with Gasteiger partial charge in [0.15, 0.2) is 0 Å². The molecule has 1 spiro atoms. The number of carbonyl (C=O) groups is 4. The van der Waals surface area contributed by atoms with Crippen LogP contribution in [0.3, 0.4) is 0 Å². The molecule has 0 unspecified atom stereocenters. The number of carboxylic acid groups (broad SMARTS) is 1. The first-order chi connectivity index (χ1) is 16.3. The smallest absolute Gasteiger partial charge is 0.407 e. The third-order valence-electron chi connectivity index (χ3n) is 7.12. The Morgan fingerprint density at radius 1 is 1.15 bits per heavy atom. The van der Waals surface area contributed by atoms with E-state index in [0.29, 0.717) is 43.2 Å². The number of nitrogens with zero attached hydrogens (tertiary/aromatic N) is 3. The SMILES string of the molecule is COc1ccc(C(=O)NCCN2CCC3(CC2)CCN(C(=O)O)C3)cc1N1CCC(=O)NC1=O. The number of imide groups is 1. The number of rotatable bonds is 6. The average molecular weight is 474 g/mol. The molecule has 11 nitrogen and oxygen atoms in total. The highest BCUT2D eigenvalue weighted by Crippen LogP contribution is 2.40. The molecule has 1 aromatic carbocycles. The van der Waals surface area contributed by atoms with Crippen LogP contribution < -0.4 is 20.3 Å². The van der Waals surface area contributed by atoms with Crippen LogP contribution in [0.1, 0.15) is 36.0 Å². The molecule has 3 fully saturated rings. The number of benzene rings is 1. The molecule has 0 bridgehead atoms. The molecule has 3 aliphatic rings. The average Bonchev–Trinajstić information content (AvgIpc) is 3.24. The minimum Gasteiger partial charge on any atom is -0.495 e. The summed E-state index contributed by atoms with van der Waals surface area (Å²) in [6, 6.07) is 4.34. The maximum atomic E-state index is 12.8. The van der Waals surface area contributed by atoms with Gasteiger partial charge in [0.1, 0.15) is 5.75 Å². The van der Waals surface area contributed by atoms with Crippen LogP contribution in [-0.2, 0) is 4.79 Å². The molecule has 3 saturated heterocycles. The Hall–Kier alpha value is -3.34. The molecule has 184 valence electrons. The summed E-state index contributed by atoms with van der Waals surface area (Å²) in [5.41, 5.74) is 0.939. The Morgan fingerprint density at radius 3 is 2.53 bits per heavy atom. The third-order valence-corrected chi connectivity index (χ3v) is 7.12. The molecular weight excluding hydrogens is 442 g/mol. The summed E-state index contributed by atoms with van der Waals surface area (Å²) >= 11 is 0. The molecule has 1 aromatic rings. The number of ether oxygens (including phenoxy) is 1. The molecule has 0 atom stereocenters. The van der Waals surface area contributed by atoms with Gasteiger partial charge in [0, 0.05) is 44.7 Å². The minimum atomic E-state index is -0.835. The molecule has 3 heterocycles. The fraction of sp³-hybridized carbons (Fsp3) is 0.565. The van der Waals surface area contributed by atoms with E-state index < -0.39 is 12.1 Å². The molecule has 0 radical (unpaired) electrons. The Balaban J connectivity index is 1.29. The lowest BCUT2D eigenvalue weighted by atomic mass is 9.78. The van der Waals surface area contributed by atoms with Crippen LogP contribution in [0.2, 0.25) is 0 Å². The van der Waals surface area contributed by atoms with E-state index >= 15 is 0 Å². The number of urea groups is 1. The van der Waals surface area contributed by atoms with Crippen LogP contribution in [-0.4, -0.2) is 91.8 Å². The summed E-state index contributed by atoms with van der Waals surface area (Å²) in [6.45, 7) is 4.42. The number of hydrogen-bond donors (Lipinski definition) is 3. The summed E-state index contributed by atoms with van der Waals surface area (Å²) in [6.07, 6.45) is 2.20. The summed E-state index contributed by atoms with van der Waals surface area (Å²) in [5.74, 6) is -0.139. The van der Waals surface area contributed by atoms with E-state index in [-0.39, 0.29) is 30.2 Å². The zero-order valence-corrected chi connectivity index (χ0v) is 19.3. The Bertz CT molecular complexity index is 975. The van der Waals surface area contributed by atoms with E-state index in [4.69, 9.17) is 4.74 Å². The zero-order valence-electron chi connectivity index (χ0n) is 19.3. The van der Waals surface area contributed by atoms with Crippen LogP contribution in [0.4, 0.5) is 15.3 Å². The van der Waals surface area contributed by atoms with E-state index in [2.05, 4.69) is 15.5 Å². The first-order valence-corrected chi connectivity index (χ1v) is 11.6. The van der Waals surface area contributed by atoms with Gasteiger partial charge in [0.2, 0.25) is 5.91 Å². The molecular formula is C23H31N5O6. The topological polar surface area (TPSA) is 132 Å². The van der Waals surface area contributed by atoms with Gasteiger partial charge in [-0.25, -0.2) is 9.59 Å². The van der Waals surface area contributed by atoms with Crippen molar-refractivity contribution in [3.63, 3.8) is 0 Å². The molecule has 0 saturated carbocycles. The molecule has 0 aliphatic carbocycles. The molecule has 11 heteroatoms. The Labute approximate surface area is 198 Å². The summed E-state index contributed by atoms with van der Waals surface area (Å²) < 4.78 is 5.35. The molecule has 0 aromatic heterocycles. The van der Waals surface area contributed by atoms with Crippen molar-refractivity contribution in [2.75, 3.05) is 57.8 Å². The van der Waals surface area contributed by atoms with Gasteiger partial charge < -0.3 is 25.0 Å². The molecule has 4 rings (SSSR count). The first-order valence-electron chi connectivity index (χ1n) is 11.6. The number of hydrogen-bond acceptors (Lipinski definition) is 6. The van der Waals surface area contributed by atoms with E-state index in [1.54, 1.807) is 18.2 Å². The number of amides is 5. The number of methoxy groups -OCH3 is 1. The highest BCUT2D eigenvalue weighted by molar-refractivity contribution is 6.07. The molecule has 5 amide bonds. The highest BCUT2D eigenvalue weighted by Gasteiger charge is 2.41. The fourth-order valence-corrected chi connectivity index (χ4v) is 5.02. The lowest BCUT2D eigenvalue weighted by Gasteiger charge is -2.39. The van der Waals surface area contributed by atoms with Gasteiger partial charge in [-0.2, -0.15) is 0 Å². The van der Waals surface area contributed by atoms with Crippen LogP contribution in [0.15, 0.2) is 18.2 Å².